The Kier molecular flexibility index (Phi) is 4.79. The van der Waals surface area contributed by atoms with Crippen LogP contribution in [-0.4, -0.2) is 10.4 Å². The Bertz CT molecular complexity index is 485. The highest BCUT2D eigenvalue weighted by atomic mass is 79.9. The fraction of sp³-hybridized carbons (Fsp3) is 0.200. The van der Waals surface area contributed by atoms with Crippen molar-refractivity contribution in [2.75, 3.05) is 5.33 Å². The summed E-state index contributed by atoms with van der Waals surface area (Å²) in [5, 5.41) is 10.3. The first-order chi connectivity index (χ1) is 8.79. The van der Waals surface area contributed by atoms with E-state index in [4.69, 9.17) is 4.74 Å². The normalized spacial score (nSPS) is 12.1. The van der Waals surface area contributed by atoms with Gasteiger partial charge in [0.1, 0.15) is 12.4 Å². The molecule has 0 saturated heterocycles. The van der Waals surface area contributed by atoms with E-state index in [0.717, 1.165) is 16.9 Å². The maximum atomic E-state index is 9.74. The minimum Gasteiger partial charge on any atom is -0.489 e. The molecule has 0 saturated carbocycles. The van der Waals surface area contributed by atoms with Gasteiger partial charge < -0.3 is 9.84 Å². The number of ether oxygens (including phenoxy) is 1. The molecule has 2 nitrogen and oxygen atoms in total. The first-order valence-electron chi connectivity index (χ1n) is 5.80. The summed E-state index contributed by atoms with van der Waals surface area (Å²) in [4.78, 5) is 0. The van der Waals surface area contributed by atoms with E-state index >= 15 is 0 Å². The van der Waals surface area contributed by atoms with Crippen molar-refractivity contribution in [1.29, 1.82) is 0 Å². The van der Waals surface area contributed by atoms with Crippen LogP contribution in [0.15, 0.2) is 54.6 Å². The second-order valence-electron chi connectivity index (χ2n) is 4.02. The molecule has 2 aromatic carbocycles. The lowest BCUT2D eigenvalue weighted by Gasteiger charge is -2.10. The highest BCUT2D eigenvalue weighted by Crippen LogP contribution is 2.21. The Labute approximate surface area is 115 Å². The molecule has 94 valence electrons. The molecule has 1 atom stereocenters. The van der Waals surface area contributed by atoms with Crippen LogP contribution in [0.1, 0.15) is 17.2 Å². The number of benzene rings is 2. The Morgan fingerprint density at radius 1 is 1.06 bits per heavy atom. The molecule has 3 heteroatoms. The molecule has 0 aromatic heterocycles. The Morgan fingerprint density at radius 3 is 2.56 bits per heavy atom. The fourth-order valence-electron chi connectivity index (χ4n) is 1.64. The largest absolute Gasteiger partial charge is 0.489 e. The molecule has 0 bridgehead atoms. The molecule has 1 N–H and O–H groups in total. The monoisotopic (exact) mass is 306 g/mol. The molecular weight excluding hydrogens is 292 g/mol. The lowest BCUT2D eigenvalue weighted by molar-refractivity contribution is 0.204. The number of hydrogen-bond acceptors (Lipinski definition) is 2. The molecule has 0 heterocycles. The van der Waals surface area contributed by atoms with Gasteiger partial charge in [-0.25, -0.2) is 0 Å². The number of aliphatic hydroxyl groups excluding tert-OH is 1. The zero-order valence-electron chi connectivity index (χ0n) is 9.92. The number of halogens is 1. The molecule has 0 radical (unpaired) electrons. The van der Waals surface area contributed by atoms with E-state index in [0.29, 0.717) is 11.9 Å². The summed E-state index contributed by atoms with van der Waals surface area (Å²) in [7, 11) is 0. The van der Waals surface area contributed by atoms with Crippen molar-refractivity contribution < 1.29 is 9.84 Å². The van der Waals surface area contributed by atoms with E-state index in [1.807, 2.05) is 54.6 Å². The number of hydrogen-bond donors (Lipinski definition) is 1. The molecule has 0 spiro atoms. The van der Waals surface area contributed by atoms with Crippen molar-refractivity contribution in [1.82, 2.24) is 0 Å². The van der Waals surface area contributed by atoms with Crippen LogP contribution < -0.4 is 4.74 Å². The molecular formula is C15H15BrO2. The third-order valence-electron chi connectivity index (χ3n) is 2.64. The van der Waals surface area contributed by atoms with Gasteiger partial charge in [0.25, 0.3) is 0 Å². The first-order valence-corrected chi connectivity index (χ1v) is 6.92. The van der Waals surface area contributed by atoms with E-state index in [1.165, 1.54) is 0 Å². The van der Waals surface area contributed by atoms with Crippen LogP contribution in [0.4, 0.5) is 0 Å². The van der Waals surface area contributed by atoms with Gasteiger partial charge >= 0.3 is 0 Å². The lowest BCUT2D eigenvalue weighted by atomic mass is 10.1. The van der Waals surface area contributed by atoms with Crippen molar-refractivity contribution in [2.24, 2.45) is 0 Å². The summed E-state index contributed by atoms with van der Waals surface area (Å²) in [5.74, 6) is 0.774. The van der Waals surface area contributed by atoms with Crippen LogP contribution in [-0.2, 0) is 6.61 Å². The van der Waals surface area contributed by atoms with Gasteiger partial charge in [-0.1, -0.05) is 58.4 Å². The third kappa shape index (κ3) is 3.59. The van der Waals surface area contributed by atoms with Crippen molar-refractivity contribution in [3.63, 3.8) is 0 Å². The van der Waals surface area contributed by atoms with Crippen molar-refractivity contribution in [2.45, 2.75) is 12.7 Å². The lowest BCUT2D eigenvalue weighted by Crippen LogP contribution is -2.00. The van der Waals surface area contributed by atoms with Gasteiger partial charge in [0.05, 0.1) is 6.10 Å². The predicted molar refractivity (Wildman–Crippen MR) is 76.0 cm³/mol. The van der Waals surface area contributed by atoms with Crippen molar-refractivity contribution in [3.05, 3.63) is 65.7 Å². The average molecular weight is 307 g/mol. The summed E-state index contributed by atoms with van der Waals surface area (Å²) < 4.78 is 5.70. The van der Waals surface area contributed by atoms with Crippen LogP contribution >= 0.6 is 15.9 Å². The quantitative estimate of drug-likeness (QED) is 0.854. The van der Waals surface area contributed by atoms with Crippen molar-refractivity contribution in [3.8, 4) is 5.75 Å². The first kappa shape index (κ1) is 13.1. The third-order valence-corrected chi connectivity index (χ3v) is 3.25. The molecule has 2 aromatic rings. The van der Waals surface area contributed by atoms with Gasteiger partial charge in [0.15, 0.2) is 0 Å². The Hall–Kier alpha value is -1.32. The molecule has 0 aliphatic rings. The summed E-state index contributed by atoms with van der Waals surface area (Å²) in [6, 6.07) is 17.6. The van der Waals surface area contributed by atoms with Crippen LogP contribution in [0, 0.1) is 0 Å². The highest BCUT2D eigenvalue weighted by molar-refractivity contribution is 9.09. The summed E-state index contributed by atoms with van der Waals surface area (Å²) in [5.41, 5.74) is 1.99. The predicted octanol–water partition coefficient (Wildman–Crippen LogP) is 3.69. The summed E-state index contributed by atoms with van der Waals surface area (Å²) in [6.45, 7) is 0.536. The molecule has 0 amide bonds. The number of alkyl halides is 1. The van der Waals surface area contributed by atoms with Gasteiger partial charge in [0, 0.05) is 5.33 Å². The molecule has 0 unspecified atom stereocenters. The number of aliphatic hydroxyl groups is 1. The molecule has 0 fully saturated rings. The average Bonchev–Trinajstić information content (AvgIpc) is 2.45. The van der Waals surface area contributed by atoms with Gasteiger partial charge in [-0.15, -0.1) is 0 Å². The second kappa shape index (κ2) is 6.57. The Morgan fingerprint density at radius 2 is 1.83 bits per heavy atom. The van der Waals surface area contributed by atoms with E-state index in [-0.39, 0.29) is 0 Å². The van der Waals surface area contributed by atoms with E-state index in [9.17, 15) is 5.11 Å². The molecule has 18 heavy (non-hydrogen) atoms. The van der Waals surface area contributed by atoms with E-state index < -0.39 is 6.10 Å². The number of rotatable bonds is 5. The van der Waals surface area contributed by atoms with E-state index in [2.05, 4.69) is 15.9 Å². The maximum absolute atomic E-state index is 9.74. The summed E-state index contributed by atoms with van der Waals surface area (Å²) >= 11 is 3.26. The minimum atomic E-state index is -0.495. The van der Waals surface area contributed by atoms with Gasteiger partial charge in [0.2, 0.25) is 0 Å². The van der Waals surface area contributed by atoms with Gasteiger partial charge in [-0.3, -0.25) is 0 Å². The SMILES string of the molecule is O[C@@H](CBr)c1cccc(OCc2ccccc2)c1. The van der Waals surface area contributed by atoms with Gasteiger partial charge in [-0.2, -0.15) is 0 Å². The fourth-order valence-corrected chi connectivity index (χ4v) is 2.02. The maximum Gasteiger partial charge on any atom is 0.120 e. The van der Waals surface area contributed by atoms with Crippen molar-refractivity contribution >= 4 is 15.9 Å². The van der Waals surface area contributed by atoms with Crippen LogP contribution in [0.2, 0.25) is 0 Å². The summed E-state index contributed by atoms with van der Waals surface area (Å²) in [6.07, 6.45) is -0.495. The smallest absolute Gasteiger partial charge is 0.120 e. The topological polar surface area (TPSA) is 29.5 Å². The highest BCUT2D eigenvalue weighted by Gasteiger charge is 2.06. The molecule has 2 rings (SSSR count). The zero-order chi connectivity index (χ0) is 12.8. The molecule has 0 aliphatic carbocycles. The second-order valence-corrected chi connectivity index (χ2v) is 4.66. The van der Waals surface area contributed by atoms with Gasteiger partial charge in [-0.05, 0) is 23.3 Å². The minimum absolute atomic E-state index is 0.495. The zero-order valence-corrected chi connectivity index (χ0v) is 11.5. The Balaban J connectivity index is 2.01. The van der Waals surface area contributed by atoms with Crippen LogP contribution in [0.3, 0.4) is 0 Å². The molecule has 0 aliphatic heterocycles. The van der Waals surface area contributed by atoms with Crippen LogP contribution in [0.25, 0.3) is 0 Å². The van der Waals surface area contributed by atoms with Crippen LogP contribution in [0.5, 0.6) is 5.75 Å². The standard InChI is InChI=1S/C15H15BrO2/c16-10-15(17)13-7-4-8-14(9-13)18-11-12-5-2-1-3-6-12/h1-9,15,17H,10-11H2/t15-/m0/s1. The van der Waals surface area contributed by atoms with E-state index in [1.54, 1.807) is 0 Å².